The van der Waals surface area contributed by atoms with E-state index in [9.17, 15) is 0 Å². The van der Waals surface area contributed by atoms with Crippen LogP contribution in [0.1, 0.15) is 0 Å². The molecule has 80 valence electrons. The number of pyridine rings is 1. The van der Waals surface area contributed by atoms with Gasteiger partial charge in [-0.05, 0) is 19.2 Å². The number of anilines is 1. The summed E-state index contributed by atoms with van der Waals surface area (Å²) in [6.07, 6.45) is 1.84. The van der Waals surface area contributed by atoms with Gasteiger partial charge in [0, 0.05) is 25.8 Å². The van der Waals surface area contributed by atoms with Gasteiger partial charge in [-0.2, -0.15) is 0 Å². The molecule has 1 atom stereocenters. The average molecular weight is 205 g/mol. The second-order valence-corrected chi connectivity index (χ2v) is 4.25. The van der Waals surface area contributed by atoms with Crippen molar-refractivity contribution in [1.82, 2.24) is 9.88 Å². The maximum Gasteiger partial charge on any atom is 0.171 e. The Labute approximate surface area is 89.5 Å². The molecule has 1 saturated heterocycles. The summed E-state index contributed by atoms with van der Waals surface area (Å²) in [5, 5.41) is 0. The van der Waals surface area contributed by atoms with Gasteiger partial charge >= 0.3 is 0 Å². The van der Waals surface area contributed by atoms with E-state index in [-0.39, 0.29) is 0 Å². The lowest BCUT2D eigenvalue weighted by molar-refractivity contribution is 0.186. The molecule has 4 nitrogen and oxygen atoms in total. The average Bonchev–Trinajstić information content (AvgIpc) is 2.28. The molecule has 1 aromatic rings. The first-order valence-corrected chi connectivity index (χ1v) is 5.37. The maximum absolute atomic E-state index is 5.71. The van der Waals surface area contributed by atoms with Crippen molar-refractivity contribution in [3.63, 3.8) is 0 Å². The van der Waals surface area contributed by atoms with Gasteiger partial charge in [-0.3, -0.25) is 0 Å². The predicted molar refractivity (Wildman–Crippen MR) is 58.4 cm³/mol. The highest BCUT2D eigenvalue weighted by atomic mass is 16.5. The summed E-state index contributed by atoms with van der Waals surface area (Å²) in [5.41, 5.74) is 0. The van der Waals surface area contributed by atoms with Crippen molar-refractivity contribution < 1.29 is 4.74 Å². The molecule has 0 unspecified atom stereocenters. The summed E-state index contributed by atoms with van der Waals surface area (Å²) >= 11 is 0. The van der Waals surface area contributed by atoms with Gasteiger partial charge in [0.25, 0.3) is 0 Å². The summed E-state index contributed by atoms with van der Waals surface area (Å²) in [5.74, 6) is 1.94. The highest BCUT2D eigenvalue weighted by molar-refractivity contribution is 5.55. The van der Waals surface area contributed by atoms with Crippen LogP contribution in [-0.2, 0) is 0 Å². The summed E-state index contributed by atoms with van der Waals surface area (Å²) in [7, 11) is 2.16. The fraction of sp³-hybridized carbons (Fsp3) is 0.545. The molecule has 1 fully saturated rings. The monoisotopic (exact) mass is 205 g/mol. The Balaban J connectivity index is 1.93. The number of likely N-dealkylation sites (N-methyl/N-ethyl adjacent to an activating group) is 1. The minimum atomic E-state index is 0.464. The number of hydrogen-bond acceptors (Lipinski definition) is 4. The van der Waals surface area contributed by atoms with Gasteiger partial charge in [0.1, 0.15) is 6.61 Å². The minimum Gasteiger partial charge on any atom is -0.488 e. The van der Waals surface area contributed by atoms with Crippen molar-refractivity contribution in [3.05, 3.63) is 18.3 Å². The van der Waals surface area contributed by atoms with Crippen LogP contribution in [0.25, 0.3) is 0 Å². The van der Waals surface area contributed by atoms with Gasteiger partial charge in [-0.25, -0.2) is 4.98 Å². The van der Waals surface area contributed by atoms with Crippen LogP contribution in [0.5, 0.6) is 5.75 Å². The van der Waals surface area contributed by atoms with Gasteiger partial charge < -0.3 is 14.5 Å². The van der Waals surface area contributed by atoms with E-state index in [1.54, 1.807) is 0 Å². The Morgan fingerprint density at radius 1 is 1.47 bits per heavy atom. The summed E-state index contributed by atoms with van der Waals surface area (Å²) in [6.45, 7) is 4.00. The van der Waals surface area contributed by atoms with Crippen LogP contribution in [-0.4, -0.2) is 49.2 Å². The van der Waals surface area contributed by atoms with Crippen molar-refractivity contribution >= 4 is 5.82 Å². The molecule has 0 bridgehead atoms. The van der Waals surface area contributed by atoms with Crippen LogP contribution in [0, 0.1) is 0 Å². The molecule has 0 radical (unpaired) electrons. The molecule has 0 spiro atoms. The van der Waals surface area contributed by atoms with Crippen LogP contribution < -0.4 is 9.64 Å². The molecular weight excluding hydrogens is 190 g/mol. The van der Waals surface area contributed by atoms with Crippen LogP contribution in [0.4, 0.5) is 5.82 Å². The topological polar surface area (TPSA) is 28.6 Å². The summed E-state index contributed by atoms with van der Waals surface area (Å²) in [6, 6.07) is 4.39. The normalized spacial score (nSPS) is 25.4. The van der Waals surface area contributed by atoms with E-state index < -0.39 is 0 Å². The lowest BCUT2D eigenvalue weighted by Crippen LogP contribution is -2.56. The van der Waals surface area contributed by atoms with Crippen molar-refractivity contribution in [2.24, 2.45) is 0 Å². The number of fused-ring (bicyclic) bond motifs is 3. The lowest BCUT2D eigenvalue weighted by atomic mass is 10.1. The molecule has 0 N–H and O–H groups in total. The molecule has 4 heteroatoms. The SMILES string of the molecule is CN1CCN2c3ncccc3OC[C@H]2C1. The molecule has 0 aliphatic carbocycles. The van der Waals surface area contributed by atoms with Crippen LogP contribution in [0.3, 0.4) is 0 Å². The van der Waals surface area contributed by atoms with Crippen molar-refractivity contribution in [2.75, 3.05) is 38.2 Å². The maximum atomic E-state index is 5.71. The van der Waals surface area contributed by atoms with Crippen molar-refractivity contribution in [1.29, 1.82) is 0 Å². The molecular formula is C11H15N3O. The first-order valence-electron chi connectivity index (χ1n) is 5.37. The molecule has 0 amide bonds. The standard InChI is InChI=1S/C11H15N3O/c1-13-5-6-14-9(7-13)8-15-10-3-2-4-12-11(10)14/h2-4,9H,5-8H2,1H3/t9-/m1/s1. The number of aromatic nitrogens is 1. The Morgan fingerprint density at radius 2 is 2.40 bits per heavy atom. The largest absolute Gasteiger partial charge is 0.488 e. The summed E-state index contributed by atoms with van der Waals surface area (Å²) in [4.78, 5) is 9.13. The number of nitrogens with zero attached hydrogens (tertiary/aromatic N) is 3. The van der Waals surface area contributed by atoms with Gasteiger partial charge in [0.2, 0.25) is 0 Å². The van der Waals surface area contributed by atoms with Crippen LogP contribution in [0.15, 0.2) is 18.3 Å². The molecule has 15 heavy (non-hydrogen) atoms. The number of piperazine rings is 1. The van der Waals surface area contributed by atoms with E-state index in [4.69, 9.17) is 4.74 Å². The molecule has 3 heterocycles. The molecule has 1 aromatic heterocycles. The van der Waals surface area contributed by atoms with E-state index in [0.29, 0.717) is 6.04 Å². The molecule has 2 aliphatic rings. The Bertz CT molecular complexity index is 369. The van der Waals surface area contributed by atoms with E-state index in [1.165, 1.54) is 0 Å². The zero-order valence-corrected chi connectivity index (χ0v) is 8.89. The third kappa shape index (κ3) is 1.45. The number of rotatable bonds is 0. The van der Waals surface area contributed by atoms with Crippen molar-refractivity contribution in [2.45, 2.75) is 6.04 Å². The second-order valence-electron chi connectivity index (χ2n) is 4.25. The quantitative estimate of drug-likeness (QED) is 0.620. The van der Waals surface area contributed by atoms with Gasteiger partial charge in [-0.1, -0.05) is 0 Å². The fourth-order valence-electron chi connectivity index (χ4n) is 2.33. The van der Waals surface area contributed by atoms with Crippen molar-refractivity contribution in [3.8, 4) is 5.75 Å². The van der Waals surface area contributed by atoms with E-state index in [0.717, 1.165) is 37.8 Å². The van der Waals surface area contributed by atoms with Gasteiger partial charge in [0.05, 0.1) is 6.04 Å². The van der Waals surface area contributed by atoms with E-state index in [2.05, 4.69) is 21.8 Å². The highest BCUT2D eigenvalue weighted by Crippen LogP contribution is 2.32. The molecule has 0 aromatic carbocycles. The molecule has 3 rings (SSSR count). The Kier molecular flexibility index (Phi) is 2.02. The van der Waals surface area contributed by atoms with Crippen LogP contribution >= 0.6 is 0 Å². The predicted octanol–water partition coefficient (Wildman–Crippen LogP) is 0.594. The third-order valence-electron chi connectivity index (χ3n) is 3.14. The molecule has 2 aliphatic heterocycles. The minimum absolute atomic E-state index is 0.464. The van der Waals surface area contributed by atoms with Gasteiger partial charge in [-0.15, -0.1) is 0 Å². The zero-order valence-electron chi connectivity index (χ0n) is 8.89. The Morgan fingerprint density at radius 3 is 3.33 bits per heavy atom. The zero-order chi connectivity index (χ0) is 10.3. The van der Waals surface area contributed by atoms with E-state index >= 15 is 0 Å². The van der Waals surface area contributed by atoms with Gasteiger partial charge in [0.15, 0.2) is 11.6 Å². The molecule has 0 saturated carbocycles. The fourth-order valence-corrected chi connectivity index (χ4v) is 2.33. The smallest absolute Gasteiger partial charge is 0.171 e. The number of hydrogen-bond donors (Lipinski definition) is 0. The lowest BCUT2D eigenvalue weighted by Gasteiger charge is -2.43. The first kappa shape index (κ1) is 8.97. The third-order valence-corrected chi connectivity index (χ3v) is 3.14. The second kappa shape index (κ2) is 3.38. The van der Waals surface area contributed by atoms with Crippen LogP contribution in [0.2, 0.25) is 0 Å². The highest BCUT2D eigenvalue weighted by Gasteiger charge is 2.32. The Hall–Kier alpha value is -1.29. The van der Waals surface area contributed by atoms with E-state index in [1.807, 2.05) is 18.3 Å². The summed E-state index contributed by atoms with van der Waals surface area (Å²) < 4.78 is 5.71. The first-order chi connectivity index (χ1) is 7.34. The number of ether oxygens (including phenoxy) is 1.